The molecular weight excluding hydrogens is 390 g/mol. The number of nitrogens with zero attached hydrogens (tertiary/aromatic N) is 5. The summed E-state index contributed by atoms with van der Waals surface area (Å²) in [6, 6.07) is 8.23. The van der Waals surface area contributed by atoms with E-state index in [0.29, 0.717) is 17.5 Å². The lowest BCUT2D eigenvalue weighted by Crippen LogP contribution is -2.37. The van der Waals surface area contributed by atoms with E-state index in [0.717, 1.165) is 73.1 Å². The van der Waals surface area contributed by atoms with E-state index in [-0.39, 0.29) is 12.0 Å². The van der Waals surface area contributed by atoms with Crippen molar-refractivity contribution < 1.29 is 9.53 Å². The number of aromatic nitrogens is 3. The van der Waals surface area contributed by atoms with Gasteiger partial charge in [-0.3, -0.25) is 9.78 Å². The van der Waals surface area contributed by atoms with Crippen molar-refractivity contribution in [2.24, 2.45) is 0 Å². The second-order valence-electron chi connectivity index (χ2n) is 8.82. The number of rotatable bonds is 2. The summed E-state index contributed by atoms with van der Waals surface area (Å²) < 4.78 is 8.26. The first-order valence-electron chi connectivity index (χ1n) is 11.1. The van der Waals surface area contributed by atoms with Gasteiger partial charge < -0.3 is 14.2 Å². The van der Waals surface area contributed by atoms with Crippen LogP contribution in [0.5, 0.6) is 0 Å². The molecule has 0 radical (unpaired) electrons. The summed E-state index contributed by atoms with van der Waals surface area (Å²) in [4.78, 5) is 23.4. The average molecular weight is 418 g/mol. The third-order valence-electron chi connectivity index (χ3n) is 6.80. The van der Waals surface area contributed by atoms with Crippen molar-refractivity contribution in [2.75, 3.05) is 19.7 Å². The van der Waals surface area contributed by atoms with E-state index in [1.165, 1.54) is 0 Å². The third kappa shape index (κ3) is 3.55. The van der Waals surface area contributed by atoms with Crippen LogP contribution in [0.25, 0.3) is 21.9 Å². The molecule has 0 bridgehead atoms. The van der Waals surface area contributed by atoms with Gasteiger partial charge in [0.05, 0.1) is 35.0 Å². The van der Waals surface area contributed by atoms with Crippen molar-refractivity contribution in [1.82, 2.24) is 19.4 Å². The Labute approximate surface area is 181 Å². The van der Waals surface area contributed by atoms with Gasteiger partial charge in [0.15, 0.2) is 0 Å². The summed E-state index contributed by atoms with van der Waals surface area (Å²) in [5.74, 6) is 1.54. The number of piperidine rings is 1. The van der Waals surface area contributed by atoms with Crippen molar-refractivity contribution in [3.8, 4) is 6.07 Å². The minimum atomic E-state index is 0.143. The maximum absolute atomic E-state index is 11.8. The Morgan fingerprint density at radius 3 is 2.74 bits per heavy atom. The normalized spacial score (nSPS) is 22.7. The lowest BCUT2D eigenvalue weighted by atomic mass is 9.94. The van der Waals surface area contributed by atoms with Crippen molar-refractivity contribution >= 4 is 27.8 Å². The number of amides is 1. The molecule has 7 heteroatoms. The van der Waals surface area contributed by atoms with Crippen LogP contribution >= 0.6 is 0 Å². The zero-order valence-electron chi connectivity index (χ0n) is 18.0. The van der Waals surface area contributed by atoms with Gasteiger partial charge >= 0.3 is 0 Å². The molecule has 2 aliphatic heterocycles. The number of nitriles is 1. The second kappa shape index (κ2) is 7.93. The lowest BCUT2D eigenvalue weighted by molar-refractivity contribution is -0.129. The molecule has 2 aromatic heterocycles. The second-order valence-corrected chi connectivity index (χ2v) is 8.82. The summed E-state index contributed by atoms with van der Waals surface area (Å²) in [6.07, 6.45) is 5.76. The molecule has 0 aliphatic carbocycles. The molecule has 31 heavy (non-hydrogen) atoms. The topological polar surface area (TPSA) is 84.0 Å². The first kappa shape index (κ1) is 20.0. The third-order valence-corrected chi connectivity index (χ3v) is 6.80. The summed E-state index contributed by atoms with van der Waals surface area (Å²) in [5.41, 5.74) is 3.47. The highest BCUT2D eigenvalue weighted by Gasteiger charge is 2.31. The molecule has 4 heterocycles. The zero-order valence-corrected chi connectivity index (χ0v) is 18.0. The van der Waals surface area contributed by atoms with Crippen LogP contribution in [0, 0.1) is 11.3 Å². The van der Waals surface area contributed by atoms with Crippen LogP contribution in [-0.4, -0.2) is 51.1 Å². The summed E-state index contributed by atoms with van der Waals surface area (Å²) >= 11 is 0. The van der Waals surface area contributed by atoms with Crippen molar-refractivity contribution in [3.05, 3.63) is 35.8 Å². The van der Waals surface area contributed by atoms with Crippen molar-refractivity contribution in [2.45, 2.75) is 57.6 Å². The number of imidazole rings is 1. The van der Waals surface area contributed by atoms with Gasteiger partial charge in [-0.25, -0.2) is 4.98 Å². The van der Waals surface area contributed by atoms with Gasteiger partial charge in [0, 0.05) is 44.0 Å². The molecule has 3 aromatic rings. The zero-order chi connectivity index (χ0) is 21.5. The van der Waals surface area contributed by atoms with Crippen LogP contribution in [0.2, 0.25) is 0 Å². The Kier molecular flexibility index (Phi) is 5.11. The maximum atomic E-state index is 11.8. The van der Waals surface area contributed by atoms with Crippen LogP contribution in [-0.2, 0) is 9.53 Å². The molecule has 0 N–H and O–H groups in total. The van der Waals surface area contributed by atoms with E-state index in [9.17, 15) is 10.1 Å². The fraction of sp³-hybridized carbons (Fsp3) is 0.500. The molecule has 2 saturated heterocycles. The summed E-state index contributed by atoms with van der Waals surface area (Å²) in [7, 11) is 0. The van der Waals surface area contributed by atoms with Gasteiger partial charge in [-0.05, 0) is 50.8 Å². The van der Waals surface area contributed by atoms with E-state index < -0.39 is 0 Å². The van der Waals surface area contributed by atoms with Gasteiger partial charge in [-0.15, -0.1) is 0 Å². The fourth-order valence-electron chi connectivity index (χ4n) is 5.18. The number of hydrogen-bond acceptors (Lipinski definition) is 5. The first-order valence-corrected chi connectivity index (χ1v) is 11.1. The lowest BCUT2D eigenvalue weighted by Gasteiger charge is -2.34. The van der Waals surface area contributed by atoms with Gasteiger partial charge in [0.2, 0.25) is 5.91 Å². The molecule has 2 fully saturated rings. The molecule has 160 valence electrons. The molecule has 5 rings (SSSR count). The molecule has 7 nitrogen and oxygen atoms in total. The van der Waals surface area contributed by atoms with Crippen LogP contribution in [0.4, 0.5) is 0 Å². The number of pyridine rings is 1. The Morgan fingerprint density at radius 2 is 2.03 bits per heavy atom. The number of benzene rings is 1. The monoisotopic (exact) mass is 417 g/mol. The maximum Gasteiger partial charge on any atom is 0.219 e. The standard InChI is InChI=1S/C24H27N5O2/c1-15-11-19(7-10-31-15)29-23-20-12-17(13-25)3-4-21(20)26-14-22(23)27-24(29)18-5-8-28(9-6-18)16(2)30/h3-4,12,14-15,18-19H,5-11H2,1-2H3/t15-,19-/m1/s1. The molecule has 0 saturated carbocycles. The molecule has 2 atom stereocenters. The quantitative estimate of drug-likeness (QED) is 0.631. The van der Waals surface area contributed by atoms with E-state index >= 15 is 0 Å². The summed E-state index contributed by atoms with van der Waals surface area (Å²) in [6.45, 7) is 6.05. The van der Waals surface area contributed by atoms with Gasteiger partial charge in [0.25, 0.3) is 0 Å². The first-order chi connectivity index (χ1) is 15.0. The number of likely N-dealkylation sites (tertiary alicyclic amines) is 1. The number of fused-ring (bicyclic) bond motifs is 3. The van der Waals surface area contributed by atoms with Crippen LogP contribution in [0.1, 0.15) is 62.9 Å². The van der Waals surface area contributed by atoms with Crippen LogP contribution in [0.3, 0.4) is 0 Å². The van der Waals surface area contributed by atoms with Crippen molar-refractivity contribution in [1.29, 1.82) is 5.26 Å². The average Bonchev–Trinajstić information content (AvgIpc) is 3.19. The Morgan fingerprint density at radius 1 is 1.23 bits per heavy atom. The molecule has 0 unspecified atom stereocenters. The highest BCUT2D eigenvalue weighted by molar-refractivity contribution is 6.03. The minimum Gasteiger partial charge on any atom is -0.378 e. The smallest absolute Gasteiger partial charge is 0.219 e. The molecule has 0 spiro atoms. The highest BCUT2D eigenvalue weighted by atomic mass is 16.5. The van der Waals surface area contributed by atoms with E-state index in [1.54, 1.807) is 6.92 Å². The number of ether oxygens (including phenoxy) is 1. The largest absolute Gasteiger partial charge is 0.378 e. The highest BCUT2D eigenvalue weighted by Crippen LogP contribution is 2.38. The van der Waals surface area contributed by atoms with Gasteiger partial charge in [-0.1, -0.05) is 0 Å². The Hall–Kier alpha value is -2.98. The van der Waals surface area contributed by atoms with E-state index in [4.69, 9.17) is 9.72 Å². The minimum absolute atomic E-state index is 0.143. The SMILES string of the molecule is CC(=O)N1CCC(c2nc3cnc4ccc(C#N)cc4c3n2[C@@H]2CCO[C@H](C)C2)CC1. The molecule has 1 amide bonds. The van der Waals surface area contributed by atoms with Crippen molar-refractivity contribution in [3.63, 3.8) is 0 Å². The molecule has 1 aromatic carbocycles. The predicted molar refractivity (Wildman–Crippen MR) is 118 cm³/mol. The van der Waals surface area contributed by atoms with E-state index in [2.05, 4.69) is 22.5 Å². The van der Waals surface area contributed by atoms with Crippen LogP contribution in [0.15, 0.2) is 24.4 Å². The predicted octanol–water partition coefficient (Wildman–Crippen LogP) is 3.92. The Bertz CT molecular complexity index is 1190. The summed E-state index contributed by atoms with van der Waals surface area (Å²) in [5, 5.41) is 10.4. The molecule has 2 aliphatic rings. The number of carbonyl (C=O) groups is 1. The van der Waals surface area contributed by atoms with E-state index in [1.807, 2.05) is 29.3 Å². The number of hydrogen-bond donors (Lipinski definition) is 0. The van der Waals surface area contributed by atoms with Crippen LogP contribution < -0.4 is 0 Å². The molecular formula is C24H27N5O2. The fourth-order valence-corrected chi connectivity index (χ4v) is 5.18. The Balaban J connectivity index is 1.68. The number of carbonyl (C=O) groups excluding carboxylic acids is 1. The van der Waals surface area contributed by atoms with Gasteiger partial charge in [-0.2, -0.15) is 5.26 Å². The van der Waals surface area contributed by atoms with Gasteiger partial charge in [0.1, 0.15) is 11.3 Å².